The summed E-state index contributed by atoms with van der Waals surface area (Å²) in [6.07, 6.45) is 3.08. The SMILES string of the molecule is CNCC1CCCCN1C(=O)c1cccc([N+](=O)[O-])c1. The first-order valence-corrected chi connectivity index (χ1v) is 6.83. The van der Waals surface area contributed by atoms with Crippen molar-refractivity contribution in [1.29, 1.82) is 0 Å². The molecule has 0 spiro atoms. The van der Waals surface area contributed by atoms with Gasteiger partial charge in [0.15, 0.2) is 0 Å². The number of hydrogen-bond donors (Lipinski definition) is 1. The van der Waals surface area contributed by atoms with Crippen LogP contribution in [0.25, 0.3) is 0 Å². The van der Waals surface area contributed by atoms with Crippen LogP contribution in [0.1, 0.15) is 29.6 Å². The number of rotatable bonds is 4. The molecule has 0 bridgehead atoms. The third kappa shape index (κ3) is 3.14. The average molecular weight is 277 g/mol. The summed E-state index contributed by atoms with van der Waals surface area (Å²) in [5.74, 6) is -0.117. The second kappa shape index (κ2) is 6.47. The minimum atomic E-state index is -0.474. The van der Waals surface area contributed by atoms with Crippen molar-refractivity contribution in [2.24, 2.45) is 0 Å². The normalized spacial score (nSPS) is 18.9. The summed E-state index contributed by atoms with van der Waals surface area (Å²) in [5, 5.41) is 13.9. The van der Waals surface area contributed by atoms with Crippen molar-refractivity contribution < 1.29 is 9.72 Å². The molecule has 6 heteroatoms. The molecule has 1 saturated heterocycles. The third-order valence-corrected chi connectivity index (χ3v) is 3.63. The number of likely N-dealkylation sites (tertiary alicyclic amines) is 1. The summed E-state index contributed by atoms with van der Waals surface area (Å²) in [5.41, 5.74) is 0.347. The van der Waals surface area contributed by atoms with E-state index in [9.17, 15) is 14.9 Å². The van der Waals surface area contributed by atoms with Gasteiger partial charge in [-0.3, -0.25) is 14.9 Å². The molecule has 1 unspecified atom stereocenters. The van der Waals surface area contributed by atoms with Gasteiger partial charge in [-0.05, 0) is 32.4 Å². The van der Waals surface area contributed by atoms with Crippen LogP contribution in [-0.2, 0) is 0 Å². The highest BCUT2D eigenvalue weighted by atomic mass is 16.6. The first kappa shape index (κ1) is 14.5. The number of nitro groups is 1. The molecule has 1 heterocycles. The number of nitrogens with zero attached hydrogens (tertiary/aromatic N) is 2. The molecule has 1 fully saturated rings. The predicted octanol–water partition coefficient (Wildman–Crippen LogP) is 1.81. The fourth-order valence-corrected chi connectivity index (χ4v) is 2.63. The Hall–Kier alpha value is -1.95. The van der Waals surface area contributed by atoms with Crippen molar-refractivity contribution in [3.63, 3.8) is 0 Å². The number of nitrogens with one attached hydrogen (secondary N) is 1. The van der Waals surface area contributed by atoms with Gasteiger partial charge in [-0.25, -0.2) is 0 Å². The van der Waals surface area contributed by atoms with E-state index in [0.29, 0.717) is 12.1 Å². The van der Waals surface area contributed by atoms with Gasteiger partial charge >= 0.3 is 0 Å². The van der Waals surface area contributed by atoms with E-state index in [2.05, 4.69) is 5.32 Å². The molecule has 1 aromatic rings. The topological polar surface area (TPSA) is 75.5 Å². The number of nitro benzene ring substituents is 1. The number of carbonyl (C=O) groups excluding carboxylic acids is 1. The molecule has 0 aliphatic carbocycles. The Morgan fingerprint density at radius 1 is 1.50 bits per heavy atom. The van der Waals surface area contributed by atoms with Gasteiger partial charge in [0.25, 0.3) is 11.6 Å². The Morgan fingerprint density at radius 3 is 3.00 bits per heavy atom. The lowest BCUT2D eigenvalue weighted by atomic mass is 10.0. The van der Waals surface area contributed by atoms with E-state index in [4.69, 9.17) is 0 Å². The number of hydrogen-bond acceptors (Lipinski definition) is 4. The van der Waals surface area contributed by atoms with Crippen LogP contribution in [0.4, 0.5) is 5.69 Å². The summed E-state index contributed by atoms with van der Waals surface area (Å²) >= 11 is 0. The minimum absolute atomic E-state index is 0.0435. The molecule has 6 nitrogen and oxygen atoms in total. The first-order valence-electron chi connectivity index (χ1n) is 6.83. The van der Waals surface area contributed by atoms with E-state index >= 15 is 0 Å². The molecular formula is C14H19N3O3. The zero-order valence-electron chi connectivity index (χ0n) is 11.5. The average Bonchev–Trinajstić information content (AvgIpc) is 2.47. The summed E-state index contributed by atoms with van der Waals surface area (Å²) in [6.45, 7) is 1.47. The monoisotopic (exact) mass is 277 g/mol. The number of benzene rings is 1. The number of piperidine rings is 1. The number of likely N-dealkylation sites (N-methyl/N-ethyl adjacent to an activating group) is 1. The number of carbonyl (C=O) groups is 1. The standard InChI is InChI=1S/C14H19N3O3/c1-15-10-13-6-2-3-8-16(13)14(18)11-5-4-7-12(9-11)17(19)20/h4-5,7,9,13,15H,2-3,6,8,10H2,1H3. The van der Waals surface area contributed by atoms with Gasteiger partial charge in [0.05, 0.1) is 4.92 Å². The van der Waals surface area contributed by atoms with Gasteiger partial charge < -0.3 is 10.2 Å². The minimum Gasteiger partial charge on any atom is -0.334 e. The summed E-state index contributed by atoms with van der Waals surface area (Å²) in [4.78, 5) is 24.7. The predicted molar refractivity (Wildman–Crippen MR) is 75.7 cm³/mol. The lowest BCUT2D eigenvalue weighted by molar-refractivity contribution is -0.384. The van der Waals surface area contributed by atoms with Crippen molar-refractivity contribution in [3.05, 3.63) is 39.9 Å². The zero-order chi connectivity index (χ0) is 14.5. The van der Waals surface area contributed by atoms with Gasteiger partial charge in [-0.2, -0.15) is 0 Å². The van der Waals surface area contributed by atoms with Crippen LogP contribution in [0.15, 0.2) is 24.3 Å². The summed E-state index contributed by atoms with van der Waals surface area (Å²) < 4.78 is 0. The quantitative estimate of drug-likeness (QED) is 0.672. The molecule has 0 saturated carbocycles. The maximum atomic E-state index is 12.5. The molecule has 0 radical (unpaired) electrons. The van der Waals surface area contributed by atoms with Crippen molar-refractivity contribution in [1.82, 2.24) is 10.2 Å². The number of amides is 1. The van der Waals surface area contributed by atoms with Crippen LogP contribution in [0.5, 0.6) is 0 Å². The van der Waals surface area contributed by atoms with Crippen molar-refractivity contribution in [2.45, 2.75) is 25.3 Å². The molecule has 1 aliphatic rings. The van der Waals surface area contributed by atoms with Crippen LogP contribution in [-0.4, -0.2) is 41.9 Å². The lowest BCUT2D eigenvalue weighted by Gasteiger charge is -2.35. The van der Waals surface area contributed by atoms with E-state index in [1.54, 1.807) is 12.1 Å². The maximum Gasteiger partial charge on any atom is 0.270 e. The largest absolute Gasteiger partial charge is 0.334 e. The van der Waals surface area contributed by atoms with Crippen LogP contribution >= 0.6 is 0 Å². The molecule has 20 heavy (non-hydrogen) atoms. The molecule has 2 rings (SSSR count). The van der Waals surface area contributed by atoms with Crippen molar-refractivity contribution in [3.8, 4) is 0 Å². The molecule has 108 valence electrons. The molecule has 0 aromatic heterocycles. The molecule has 1 aromatic carbocycles. The second-order valence-electron chi connectivity index (χ2n) is 5.01. The second-order valence-corrected chi connectivity index (χ2v) is 5.01. The Balaban J connectivity index is 2.20. The van der Waals surface area contributed by atoms with E-state index < -0.39 is 4.92 Å². The molecule has 1 atom stereocenters. The summed E-state index contributed by atoms with van der Waals surface area (Å²) in [7, 11) is 1.87. The highest BCUT2D eigenvalue weighted by molar-refractivity contribution is 5.95. The third-order valence-electron chi connectivity index (χ3n) is 3.63. The van der Waals surface area contributed by atoms with Crippen LogP contribution in [0.3, 0.4) is 0 Å². The van der Waals surface area contributed by atoms with Gasteiger partial charge in [0.1, 0.15) is 0 Å². The van der Waals surface area contributed by atoms with E-state index in [-0.39, 0.29) is 17.6 Å². The zero-order valence-corrected chi connectivity index (χ0v) is 11.5. The maximum absolute atomic E-state index is 12.5. The van der Waals surface area contributed by atoms with E-state index in [1.807, 2.05) is 11.9 Å². The summed E-state index contributed by atoms with van der Waals surface area (Å²) in [6, 6.07) is 6.12. The van der Waals surface area contributed by atoms with E-state index in [1.165, 1.54) is 12.1 Å². The molecule has 1 N–H and O–H groups in total. The molecular weight excluding hydrogens is 258 g/mol. The van der Waals surface area contributed by atoms with Gasteiger partial charge in [-0.15, -0.1) is 0 Å². The Bertz CT molecular complexity index is 502. The van der Waals surface area contributed by atoms with Crippen LogP contribution in [0, 0.1) is 10.1 Å². The van der Waals surface area contributed by atoms with Crippen molar-refractivity contribution in [2.75, 3.05) is 20.1 Å². The smallest absolute Gasteiger partial charge is 0.270 e. The fourth-order valence-electron chi connectivity index (χ4n) is 2.63. The van der Waals surface area contributed by atoms with Crippen LogP contribution < -0.4 is 5.32 Å². The Kier molecular flexibility index (Phi) is 4.68. The highest BCUT2D eigenvalue weighted by Gasteiger charge is 2.27. The van der Waals surface area contributed by atoms with Crippen molar-refractivity contribution >= 4 is 11.6 Å². The Morgan fingerprint density at radius 2 is 2.30 bits per heavy atom. The van der Waals surface area contributed by atoms with Gasteiger partial charge in [0.2, 0.25) is 0 Å². The highest BCUT2D eigenvalue weighted by Crippen LogP contribution is 2.21. The lowest BCUT2D eigenvalue weighted by Crippen LogP contribution is -2.48. The fraction of sp³-hybridized carbons (Fsp3) is 0.500. The van der Waals surface area contributed by atoms with Gasteiger partial charge in [-0.1, -0.05) is 6.07 Å². The number of non-ortho nitro benzene ring substituents is 1. The molecule has 1 aliphatic heterocycles. The van der Waals surface area contributed by atoms with Crippen LogP contribution in [0.2, 0.25) is 0 Å². The first-order chi connectivity index (χ1) is 9.63. The van der Waals surface area contributed by atoms with E-state index in [0.717, 1.165) is 25.8 Å². The molecule has 1 amide bonds. The van der Waals surface area contributed by atoms with Gasteiger partial charge in [0, 0.05) is 36.8 Å². The Labute approximate surface area is 117 Å².